The van der Waals surface area contributed by atoms with Crippen LogP contribution >= 0.6 is 0 Å². The second-order valence-electron chi connectivity index (χ2n) is 10.5. The maximum absolute atomic E-state index is 9.44. The van der Waals surface area contributed by atoms with Gasteiger partial charge in [-0.1, -0.05) is 97.1 Å². The molecule has 0 aliphatic rings. The average molecular weight is 547 g/mol. The standard InChI is InChI=1S/2C17H12N2.C3H6O/c2*1-11-10-18-16-14-8-4-2-6-12(14)13-7-3-5-9-15(13)17(16)19-11;1-3(2)4/h2*2-10H,1H3;1-2H3. The minimum Gasteiger partial charge on any atom is -0.300 e. The van der Waals surface area contributed by atoms with E-state index in [2.05, 4.69) is 107 Å². The lowest BCUT2D eigenvalue weighted by Gasteiger charge is -2.08. The minimum absolute atomic E-state index is 0.167. The Morgan fingerprint density at radius 2 is 0.667 bits per heavy atom. The fourth-order valence-corrected chi connectivity index (χ4v) is 5.42. The molecule has 0 amide bonds. The Morgan fingerprint density at radius 3 is 0.952 bits per heavy atom. The average Bonchev–Trinajstić information content (AvgIpc) is 3.01. The van der Waals surface area contributed by atoms with Gasteiger partial charge in [0.1, 0.15) is 5.78 Å². The van der Waals surface area contributed by atoms with Gasteiger partial charge in [-0.25, -0.2) is 9.97 Å². The number of hydrogen-bond acceptors (Lipinski definition) is 5. The molecular formula is C37H30N4O. The molecule has 0 aliphatic carbocycles. The van der Waals surface area contributed by atoms with Gasteiger partial charge in [-0.3, -0.25) is 9.97 Å². The highest BCUT2D eigenvalue weighted by Gasteiger charge is 2.11. The van der Waals surface area contributed by atoms with E-state index in [4.69, 9.17) is 9.97 Å². The molecule has 0 spiro atoms. The number of nitrogens with zero attached hydrogens (tertiary/aromatic N) is 4. The van der Waals surface area contributed by atoms with E-state index in [1.807, 2.05) is 26.2 Å². The second kappa shape index (κ2) is 11.3. The van der Waals surface area contributed by atoms with Gasteiger partial charge in [-0.15, -0.1) is 0 Å². The van der Waals surface area contributed by atoms with E-state index in [0.717, 1.165) is 33.5 Å². The van der Waals surface area contributed by atoms with E-state index in [9.17, 15) is 4.79 Å². The van der Waals surface area contributed by atoms with Crippen molar-refractivity contribution in [1.82, 2.24) is 19.9 Å². The summed E-state index contributed by atoms with van der Waals surface area (Å²) in [5.74, 6) is 0.167. The fourth-order valence-electron chi connectivity index (χ4n) is 5.42. The van der Waals surface area contributed by atoms with Crippen LogP contribution < -0.4 is 0 Å². The van der Waals surface area contributed by atoms with Crippen molar-refractivity contribution >= 4 is 70.9 Å². The fraction of sp³-hybridized carbons (Fsp3) is 0.108. The van der Waals surface area contributed by atoms with Crippen molar-refractivity contribution in [3.63, 3.8) is 0 Å². The van der Waals surface area contributed by atoms with Crippen LogP contribution in [0.5, 0.6) is 0 Å². The Hall–Kier alpha value is -5.29. The summed E-state index contributed by atoms with van der Waals surface area (Å²) in [6.45, 7) is 7.02. The number of hydrogen-bond donors (Lipinski definition) is 0. The van der Waals surface area contributed by atoms with E-state index in [0.29, 0.717) is 0 Å². The molecule has 5 heteroatoms. The molecular weight excluding hydrogens is 516 g/mol. The van der Waals surface area contributed by atoms with Crippen molar-refractivity contribution < 1.29 is 4.79 Å². The van der Waals surface area contributed by atoms with Crippen LogP contribution in [-0.4, -0.2) is 25.7 Å². The number of aryl methyl sites for hydroxylation is 2. The van der Waals surface area contributed by atoms with E-state index in [-0.39, 0.29) is 5.78 Å². The van der Waals surface area contributed by atoms with Crippen molar-refractivity contribution in [2.75, 3.05) is 0 Å². The Kier molecular flexibility index (Phi) is 7.24. The number of benzene rings is 6. The van der Waals surface area contributed by atoms with Gasteiger partial charge in [0.2, 0.25) is 0 Å². The van der Waals surface area contributed by atoms with E-state index < -0.39 is 0 Å². The Balaban J connectivity index is 0.000000134. The van der Waals surface area contributed by atoms with Crippen molar-refractivity contribution in [3.8, 4) is 0 Å². The highest BCUT2D eigenvalue weighted by molar-refractivity contribution is 6.23. The molecule has 0 unspecified atom stereocenters. The maximum atomic E-state index is 9.44. The number of carbonyl (C=O) groups is 1. The minimum atomic E-state index is 0.167. The molecule has 0 saturated carbocycles. The van der Waals surface area contributed by atoms with Crippen molar-refractivity contribution in [3.05, 3.63) is 121 Å². The lowest BCUT2D eigenvalue weighted by Crippen LogP contribution is -1.90. The highest BCUT2D eigenvalue weighted by atomic mass is 16.1. The smallest absolute Gasteiger partial charge is 0.126 e. The molecule has 8 rings (SSSR count). The monoisotopic (exact) mass is 546 g/mol. The van der Waals surface area contributed by atoms with Crippen LogP contribution in [0.3, 0.4) is 0 Å². The number of rotatable bonds is 0. The predicted molar refractivity (Wildman–Crippen MR) is 175 cm³/mol. The maximum Gasteiger partial charge on any atom is 0.126 e. The molecule has 0 atom stereocenters. The number of Topliss-reactive ketones (excluding diaryl/α,β-unsaturated/α-hetero) is 1. The molecule has 2 heterocycles. The third-order valence-corrected chi connectivity index (χ3v) is 7.09. The van der Waals surface area contributed by atoms with Gasteiger partial charge in [0.25, 0.3) is 0 Å². The SMILES string of the molecule is CC(C)=O.Cc1cnc2c3ccccc3c3ccccc3c2n1.Cc1cnc2c3ccccc3c3ccccc3c2n1. The van der Waals surface area contributed by atoms with E-state index in [1.54, 1.807) is 0 Å². The molecule has 0 bridgehead atoms. The van der Waals surface area contributed by atoms with Crippen LogP contribution in [0, 0.1) is 13.8 Å². The van der Waals surface area contributed by atoms with Crippen LogP contribution in [-0.2, 0) is 4.79 Å². The zero-order chi connectivity index (χ0) is 29.2. The molecule has 2 aromatic heterocycles. The largest absolute Gasteiger partial charge is 0.300 e. The third-order valence-electron chi connectivity index (χ3n) is 7.09. The Labute approximate surface area is 243 Å². The number of aromatic nitrogens is 4. The summed E-state index contributed by atoms with van der Waals surface area (Å²) in [6, 6.07) is 33.6. The topological polar surface area (TPSA) is 68.6 Å². The van der Waals surface area contributed by atoms with Crippen LogP contribution in [0.1, 0.15) is 25.2 Å². The van der Waals surface area contributed by atoms with Crippen molar-refractivity contribution in [2.24, 2.45) is 0 Å². The summed E-state index contributed by atoms with van der Waals surface area (Å²) in [4.78, 5) is 28.0. The zero-order valence-corrected chi connectivity index (χ0v) is 24.1. The summed E-state index contributed by atoms with van der Waals surface area (Å²) in [5, 5.41) is 9.65. The summed E-state index contributed by atoms with van der Waals surface area (Å²) in [6.07, 6.45) is 3.67. The van der Waals surface area contributed by atoms with Gasteiger partial charge in [0, 0.05) is 33.9 Å². The first-order valence-corrected chi connectivity index (χ1v) is 13.9. The molecule has 204 valence electrons. The molecule has 42 heavy (non-hydrogen) atoms. The van der Waals surface area contributed by atoms with Gasteiger partial charge >= 0.3 is 0 Å². The molecule has 8 aromatic rings. The first kappa shape index (κ1) is 26.9. The molecule has 0 saturated heterocycles. The lowest BCUT2D eigenvalue weighted by molar-refractivity contribution is -0.114. The Bertz CT molecular complexity index is 2040. The van der Waals surface area contributed by atoms with Crippen LogP contribution in [0.15, 0.2) is 109 Å². The summed E-state index contributed by atoms with van der Waals surface area (Å²) >= 11 is 0. The van der Waals surface area contributed by atoms with Crippen LogP contribution in [0.2, 0.25) is 0 Å². The van der Waals surface area contributed by atoms with Gasteiger partial charge in [0.15, 0.2) is 0 Å². The molecule has 6 aromatic carbocycles. The molecule has 0 aliphatic heterocycles. The molecule has 0 radical (unpaired) electrons. The Morgan fingerprint density at radius 1 is 0.429 bits per heavy atom. The quantitative estimate of drug-likeness (QED) is 0.177. The summed E-state index contributed by atoms with van der Waals surface area (Å²) in [5.41, 5.74) is 5.87. The summed E-state index contributed by atoms with van der Waals surface area (Å²) in [7, 11) is 0. The highest BCUT2D eigenvalue weighted by Crippen LogP contribution is 2.33. The van der Waals surface area contributed by atoms with Gasteiger partial charge in [0.05, 0.1) is 33.5 Å². The second-order valence-corrected chi connectivity index (χ2v) is 10.5. The van der Waals surface area contributed by atoms with Gasteiger partial charge in [-0.05, 0) is 49.2 Å². The summed E-state index contributed by atoms with van der Waals surface area (Å²) < 4.78 is 0. The first-order valence-electron chi connectivity index (χ1n) is 13.9. The number of carbonyl (C=O) groups excluding carboxylic acids is 1. The molecule has 0 fully saturated rings. The van der Waals surface area contributed by atoms with E-state index >= 15 is 0 Å². The van der Waals surface area contributed by atoms with Crippen molar-refractivity contribution in [1.29, 1.82) is 0 Å². The number of fused-ring (bicyclic) bond motifs is 12. The van der Waals surface area contributed by atoms with Crippen LogP contribution in [0.25, 0.3) is 65.2 Å². The molecule has 0 N–H and O–H groups in total. The first-order chi connectivity index (χ1) is 20.4. The normalized spacial score (nSPS) is 11.0. The zero-order valence-electron chi connectivity index (χ0n) is 24.1. The van der Waals surface area contributed by atoms with Crippen molar-refractivity contribution in [2.45, 2.75) is 27.7 Å². The van der Waals surface area contributed by atoms with Crippen LogP contribution in [0.4, 0.5) is 0 Å². The predicted octanol–water partition coefficient (Wildman–Crippen LogP) is 9.08. The van der Waals surface area contributed by atoms with E-state index in [1.165, 1.54) is 56.9 Å². The van der Waals surface area contributed by atoms with Gasteiger partial charge in [-0.2, -0.15) is 0 Å². The molecule has 5 nitrogen and oxygen atoms in total. The third kappa shape index (κ3) is 5.01. The van der Waals surface area contributed by atoms with Gasteiger partial charge < -0.3 is 4.79 Å². The lowest BCUT2D eigenvalue weighted by atomic mass is 9.99. The number of ketones is 1.